The van der Waals surface area contributed by atoms with Gasteiger partial charge in [0.2, 0.25) is 0 Å². The topological polar surface area (TPSA) is 21.3 Å². The monoisotopic (exact) mass is 239 g/mol. The summed E-state index contributed by atoms with van der Waals surface area (Å²) in [7, 11) is 0. The van der Waals surface area contributed by atoms with Crippen molar-refractivity contribution in [3.63, 3.8) is 0 Å². The molecule has 1 heterocycles. The van der Waals surface area contributed by atoms with Gasteiger partial charge in [-0.1, -0.05) is 29.8 Å². The lowest BCUT2D eigenvalue weighted by atomic mass is 10.1. The molecule has 16 heavy (non-hydrogen) atoms. The van der Waals surface area contributed by atoms with E-state index in [-0.39, 0.29) is 0 Å². The van der Waals surface area contributed by atoms with E-state index >= 15 is 0 Å². The lowest BCUT2D eigenvalue weighted by Gasteiger charge is -2.09. The number of benzene rings is 1. The lowest BCUT2D eigenvalue weighted by Crippen LogP contribution is -2.10. The lowest BCUT2D eigenvalue weighted by molar-refractivity contribution is 0.109. The Morgan fingerprint density at radius 3 is 3.00 bits per heavy atom. The summed E-state index contributed by atoms with van der Waals surface area (Å²) in [5.41, 5.74) is 1.08. The van der Waals surface area contributed by atoms with Gasteiger partial charge in [0, 0.05) is 11.6 Å². The predicted octanol–water partition coefficient (Wildman–Crippen LogP) is 2.86. The molecule has 1 aliphatic rings. The van der Waals surface area contributed by atoms with Crippen LogP contribution in [0, 0.1) is 5.92 Å². The quantitative estimate of drug-likeness (QED) is 0.798. The van der Waals surface area contributed by atoms with Crippen molar-refractivity contribution in [2.24, 2.45) is 5.92 Å². The van der Waals surface area contributed by atoms with Gasteiger partial charge in [0.15, 0.2) is 0 Å². The molecule has 1 atom stereocenters. The molecule has 1 aliphatic heterocycles. The molecule has 1 fully saturated rings. The molecule has 0 spiro atoms. The summed E-state index contributed by atoms with van der Waals surface area (Å²) in [6, 6.07) is 7.85. The average molecular weight is 240 g/mol. The van der Waals surface area contributed by atoms with Crippen LogP contribution in [0.15, 0.2) is 24.3 Å². The number of halogens is 1. The van der Waals surface area contributed by atoms with Crippen molar-refractivity contribution in [3.8, 4) is 0 Å². The summed E-state index contributed by atoms with van der Waals surface area (Å²) in [6.07, 6.45) is 2.44. The van der Waals surface area contributed by atoms with Crippen LogP contribution in [0.3, 0.4) is 0 Å². The van der Waals surface area contributed by atoms with E-state index in [1.54, 1.807) is 0 Å². The van der Waals surface area contributed by atoms with Crippen LogP contribution in [0.1, 0.15) is 18.4 Å². The molecule has 0 radical (unpaired) electrons. The third kappa shape index (κ3) is 3.48. The molecule has 1 saturated heterocycles. The van der Waals surface area contributed by atoms with Crippen LogP contribution >= 0.6 is 11.6 Å². The van der Waals surface area contributed by atoms with Crippen LogP contribution in [0.2, 0.25) is 5.02 Å². The number of nitrogens with one attached hydrogen (secondary N) is 1. The number of hydrogen-bond acceptors (Lipinski definition) is 2. The normalized spacial score (nSPS) is 20.2. The first-order valence-electron chi connectivity index (χ1n) is 5.88. The molecule has 0 bridgehead atoms. The van der Waals surface area contributed by atoms with Crippen molar-refractivity contribution in [2.45, 2.75) is 19.4 Å². The summed E-state index contributed by atoms with van der Waals surface area (Å²) in [5, 5.41) is 4.16. The van der Waals surface area contributed by atoms with E-state index in [0.29, 0.717) is 6.61 Å². The predicted molar refractivity (Wildman–Crippen MR) is 66.7 cm³/mol. The van der Waals surface area contributed by atoms with E-state index in [1.807, 2.05) is 24.3 Å². The van der Waals surface area contributed by atoms with Gasteiger partial charge >= 0.3 is 0 Å². The van der Waals surface area contributed by atoms with Gasteiger partial charge in [-0.05, 0) is 43.5 Å². The molecular weight excluding hydrogens is 222 g/mol. The highest BCUT2D eigenvalue weighted by molar-refractivity contribution is 6.31. The van der Waals surface area contributed by atoms with Crippen LogP contribution < -0.4 is 5.32 Å². The van der Waals surface area contributed by atoms with Crippen LogP contribution in [0.5, 0.6) is 0 Å². The van der Waals surface area contributed by atoms with Crippen LogP contribution in [0.25, 0.3) is 0 Å². The number of ether oxygens (including phenoxy) is 1. The van der Waals surface area contributed by atoms with Crippen molar-refractivity contribution in [3.05, 3.63) is 34.9 Å². The summed E-state index contributed by atoms with van der Waals surface area (Å²) in [6.45, 7) is 3.77. The Hall–Kier alpha value is -0.570. The third-order valence-electron chi connectivity index (χ3n) is 3.05. The smallest absolute Gasteiger partial charge is 0.0731 e. The van der Waals surface area contributed by atoms with Crippen molar-refractivity contribution in [1.29, 1.82) is 0 Å². The van der Waals surface area contributed by atoms with Gasteiger partial charge in [-0.15, -0.1) is 0 Å². The molecule has 88 valence electrons. The van der Waals surface area contributed by atoms with E-state index in [2.05, 4.69) is 5.32 Å². The molecule has 1 aromatic rings. The zero-order chi connectivity index (χ0) is 11.2. The van der Waals surface area contributed by atoms with E-state index in [4.69, 9.17) is 16.3 Å². The molecule has 0 saturated carbocycles. The van der Waals surface area contributed by atoms with Crippen molar-refractivity contribution in [2.75, 3.05) is 19.7 Å². The second kappa shape index (κ2) is 6.24. The highest BCUT2D eigenvalue weighted by atomic mass is 35.5. The first-order valence-corrected chi connectivity index (χ1v) is 6.26. The Morgan fingerprint density at radius 1 is 1.38 bits per heavy atom. The van der Waals surface area contributed by atoms with Gasteiger partial charge in [0.25, 0.3) is 0 Å². The molecule has 2 rings (SSSR count). The Bertz CT molecular complexity index is 323. The maximum Gasteiger partial charge on any atom is 0.0731 e. The summed E-state index contributed by atoms with van der Waals surface area (Å²) in [4.78, 5) is 0. The minimum Gasteiger partial charge on any atom is -0.377 e. The van der Waals surface area contributed by atoms with E-state index in [9.17, 15) is 0 Å². The largest absolute Gasteiger partial charge is 0.377 e. The van der Waals surface area contributed by atoms with Gasteiger partial charge in [-0.25, -0.2) is 0 Å². The van der Waals surface area contributed by atoms with E-state index in [0.717, 1.165) is 42.6 Å². The van der Waals surface area contributed by atoms with Crippen LogP contribution in [-0.2, 0) is 11.3 Å². The molecule has 1 unspecified atom stereocenters. The fraction of sp³-hybridized carbons (Fsp3) is 0.538. The van der Waals surface area contributed by atoms with Crippen molar-refractivity contribution < 1.29 is 4.74 Å². The molecule has 0 aliphatic carbocycles. The molecule has 2 nitrogen and oxygen atoms in total. The fourth-order valence-electron chi connectivity index (χ4n) is 2.01. The molecule has 0 amide bonds. The maximum absolute atomic E-state index is 6.04. The van der Waals surface area contributed by atoms with Gasteiger partial charge in [-0.2, -0.15) is 0 Å². The average Bonchev–Trinajstić information content (AvgIpc) is 2.79. The van der Waals surface area contributed by atoms with Gasteiger partial charge < -0.3 is 10.1 Å². The summed E-state index contributed by atoms with van der Waals surface area (Å²) < 4.78 is 5.65. The summed E-state index contributed by atoms with van der Waals surface area (Å²) >= 11 is 6.04. The third-order valence-corrected chi connectivity index (χ3v) is 3.42. The Kier molecular flexibility index (Phi) is 4.64. The Morgan fingerprint density at radius 2 is 2.25 bits per heavy atom. The second-order valence-electron chi connectivity index (χ2n) is 4.29. The molecule has 0 aromatic heterocycles. The van der Waals surface area contributed by atoms with Gasteiger partial charge in [0.05, 0.1) is 6.61 Å². The standard InChI is InChI=1S/C13H18ClNO/c14-13-4-2-1-3-12(13)10-16-8-6-11-5-7-15-9-11/h1-4,11,15H,5-10H2. The zero-order valence-corrected chi connectivity index (χ0v) is 10.2. The number of rotatable bonds is 5. The zero-order valence-electron chi connectivity index (χ0n) is 9.42. The first-order chi connectivity index (χ1) is 7.86. The highest BCUT2D eigenvalue weighted by Gasteiger charge is 2.13. The van der Waals surface area contributed by atoms with Crippen molar-refractivity contribution in [1.82, 2.24) is 5.32 Å². The second-order valence-corrected chi connectivity index (χ2v) is 4.70. The number of hydrogen-bond donors (Lipinski definition) is 1. The highest BCUT2D eigenvalue weighted by Crippen LogP contribution is 2.17. The first kappa shape index (κ1) is 11.9. The Labute approximate surface area is 102 Å². The summed E-state index contributed by atoms with van der Waals surface area (Å²) in [5.74, 6) is 0.797. The molecular formula is C13H18ClNO. The van der Waals surface area contributed by atoms with Crippen molar-refractivity contribution >= 4 is 11.6 Å². The van der Waals surface area contributed by atoms with Crippen LogP contribution in [-0.4, -0.2) is 19.7 Å². The molecule has 3 heteroatoms. The van der Waals surface area contributed by atoms with E-state index < -0.39 is 0 Å². The SMILES string of the molecule is Clc1ccccc1COCCC1CCNC1. The van der Waals surface area contributed by atoms with Gasteiger partial charge in [-0.3, -0.25) is 0 Å². The molecule has 1 aromatic carbocycles. The molecule has 1 N–H and O–H groups in total. The van der Waals surface area contributed by atoms with Crippen LogP contribution in [0.4, 0.5) is 0 Å². The minimum absolute atomic E-state index is 0.625. The minimum atomic E-state index is 0.625. The fourth-order valence-corrected chi connectivity index (χ4v) is 2.20. The van der Waals surface area contributed by atoms with Gasteiger partial charge in [0.1, 0.15) is 0 Å². The Balaban J connectivity index is 1.66. The maximum atomic E-state index is 6.04. The van der Waals surface area contributed by atoms with E-state index in [1.165, 1.54) is 6.42 Å².